The van der Waals surface area contributed by atoms with Gasteiger partial charge in [0, 0.05) is 53.9 Å². The number of halogens is 1. The van der Waals surface area contributed by atoms with Crippen molar-refractivity contribution in [3.05, 3.63) is 100.0 Å². The van der Waals surface area contributed by atoms with Gasteiger partial charge in [-0.3, -0.25) is 19.4 Å². The second-order valence-electron chi connectivity index (χ2n) is 10.8. The summed E-state index contributed by atoms with van der Waals surface area (Å²) in [5.41, 5.74) is 7.18. The molecule has 0 saturated heterocycles. The number of amides is 2. The van der Waals surface area contributed by atoms with E-state index in [1.165, 1.54) is 36.1 Å². The Morgan fingerprint density at radius 3 is 2.36 bits per heavy atom. The van der Waals surface area contributed by atoms with Gasteiger partial charge in [-0.2, -0.15) is 0 Å². The highest BCUT2D eigenvalue weighted by atomic mass is 19.1. The number of aryl methyl sites for hydroxylation is 1. The number of aromatic nitrogens is 3. The zero-order chi connectivity index (χ0) is 30.4. The fraction of sp³-hybridized carbons (Fsp3) is 0.258. The van der Waals surface area contributed by atoms with E-state index in [1.807, 2.05) is 20.8 Å². The highest BCUT2D eigenvalue weighted by Crippen LogP contribution is 2.28. The molecule has 5 N–H and O–H groups in total. The van der Waals surface area contributed by atoms with Gasteiger partial charge in [-0.1, -0.05) is 26.8 Å². The van der Waals surface area contributed by atoms with E-state index in [1.54, 1.807) is 42.5 Å². The average Bonchev–Trinajstić information content (AvgIpc) is 2.96. The van der Waals surface area contributed by atoms with Crippen molar-refractivity contribution in [3.63, 3.8) is 0 Å². The van der Waals surface area contributed by atoms with Gasteiger partial charge < -0.3 is 26.3 Å². The first-order valence-corrected chi connectivity index (χ1v) is 13.5. The molecule has 2 heterocycles. The predicted molar refractivity (Wildman–Crippen MR) is 161 cm³/mol. The smallest absolute Gasteiger partial charge is 0.293 e. The molecule has 11 heteroatoms. The second-order valence-corrected chi connectivity index (χ2v) is 10.8. The number of carbonyl (C=O) groups excluding carboxylic acids is 2. The van der Waals surface area contributed by atoms with Gasteiger partial charge in [0.2, 0.25) is 0 Å². The van der Waals surface area contributed by atoms with Crippen molar-refractivity contribution in [1.29, 1.82) is 0 Å². The highest BCUT2D eigenvalue weighted by Gasteiger charge is 2.19. The second kappa shape index (κ2) is 12.7. The molecular formula is C31H34FN7O3. The van der Waals surface area contributed by atoms with Gasteiger partial charge in [-0.05, 0) is 61.5 Å². The molecule has 10 nitrogen and oxygen atoms in total. The standard InChI is InChI=1S/C31H34FN7O3/c1-31(2,3)25-14-11-20(17-35-25)29(41)38-23-8-5-7-22(26(23)32)24-18-39(4)30(42)27(37-24)36-21-12-9-19(10-13-21)28(40)34-16-6-15-33/h5,7-14,17-18H,6,15-16,33H2,1-4H3,(H,34,40)(H,36,37)(H,38,41). The number of nitrogens with two attached hydrogens (primary N) is 1. The van der Waals surface area contributed by atoms with E-state index in [0.717, 1.165) is 5.69 Å². The summed E-state index contributed by atoms with van der Waals surface area (Å²) in [6.45, 7) is 7.02. The van der Waals surface area contributed by atoms with E-state index in [0.29, 0.717) is 36.3 Å². The van der Waals surface area contributed by atoms with E-state index in [9.17, 15) is 14.4 Å². The molecule has 0 aliphatic heterocycles. The van der Waals surface area contributed by atoms with Gasteiger partial charge in [0.15, 0.2) is 11.6 Å². The number of nitrogens with one attached hydrogen (secondary N) is 3. The zero-order valence-electron chi connectivity index (χ0n) is 24.0. The van der Waals surface area contributed by atoms with Crippen LogP contribution in [0.2, 0.25) is 0 Å². The number of hydrogen-bond acceptors (Lipinski definition) is 7. The summed E-state index contributed by atoms with van der Waals surface area (Å²) in [5.74, 6) is -1.47. The largest absolute Gasteiger partial charge is 0.352 e. The lowest BCUT2D eigenvalue weighted by atomic mass is 9.91. The van der Waals surface area contributed by atoms with Crippen molar-refractivity contribution < 1.29 is 14.0 Å². The van der Waals surface area contributed by atoms with E-state index < -0.39 is 17.3 Å². The topological polar surface area (TPSA) is 144 Å². The molecule has 0 atom stereocenters. The first-order chi connectivity index (χ1) is 20.0. The van der Waals surface area contributed by atoms with Crippen LogP contribution >= 0.6 is 0 Å². The zero-order valence-corrected chi connectivity index (χ0v) is 24.0. The molecule has 0 radical (unpaired) electrons. The molecule has 0 fully saturated rings. The number of carbonyl (C=O) groups is 2. The summed E-state index contributed by atoms with van der Waals surface area (Å²) in [4.78, 5) is 46.7. The van der Waals surface area contributed by atoms with Crippen LogP contribution in [0.4, 0.5) is 21.6 Å². The van der Waals surface area contributed by atoms with Gasteiger partial charge in [-0.15, -0.1) is 0 Å². The first-order valence-electron chi connectivity index (χ1n) is 13.5. The van der Waals surface area contributed by atoms with Crippen molar-refractivity contribution in [1.82, 2.24) is 19.9 Å². The fourth-order valence-electron chi connectivity index (χ4n) is 4.06. The van der Waals surface area contributed by atoms with Crippen LogP contribution in [0.25, 0.3) is 11.3 Å². The van der Waals surface area contributed by atoms with Crippen LogP contribution in [0.5, 0.6) is 0 Å². The van der Waals surface area contributed by atoms with Crippen LogP contribution in [0.15, 0.2) is 71.8 Å². The molecule has 2 amide bonds. The average molecular weight is 572 g/mol. The summed E-state index contributed by atoms with van der Waals surface area (Å²) < 4.78 is 16.9. The summed E-state index contributed by atoms with van der Waals surface area (Å²) >= 11 is 0. The fourth-order valence-corrected chi connectivity index (χ4v) is 4.06. The maximum atomic E-state index is 15.7. The summed E-state index contributed by atoms with van der Waals surface area (Å²) in [6.07, 6.45) is 3.56. The highest BCUT2D eigenvalue weighted by molar-refractivity contribution is 6.04. The number of anilines is 3. The van der Waals surface area contributed by atoms with Crippen LogP contribution in [-0.4, -0.2) is 39.4 Å². The van der Waals surface area contributed by atoms with Crippen LogP contribution in [-0.2, 0) is 12.5 Å². The minimum atomic E-state index is -0.702. The monoisotopic (exact) mass is 571 g/mol. The molecule has 42 heavy (non-hydrogen) atoms. The van der Waals surface area contributed by atoms with Crippen molar-refractivity contribution in [2.24, 2.45) is 12.8 Å². The third-order valence-corrected chi connectivity index (χ3v) is 6.46. The molecule has 0 aliphatic carbocycles. The summed E-state index contributed by atoms with van der Waals surface area (Å²) in [6, 6.07) is 14.5. The molecule has 2 aromatic heterocycles. The number of hydrogen-bond donors (Lipinski definition) is 4. The van der Waals surface area contributed by atoms with E-state index in [2.05, 4.69) is 25.9 Å². The predicted octanol–water partition coefficient (Wildman–Crippen LogP) is 4.35. The Labute approximate surface area is 243 Å². The number of nitrogens with zero attached hydrogens (tertiary/aromatic N) is 3. The Hall–Kier alpha value is -4.90. The van der Waals surface area contributed by atoms with Crippen molar-refractivity contribution >= 4 is 29.0 Å². The molecule has 218 valence electrons. The Morgan fingerprint density at radius 2 is 1.71 bits per heavy atom. The van der Waals surface area contributed by atoms with Gasteiger partial charge in [0.1, 0.15) is 0 Å². The minimum Gasteiger partial charge on any atom is -0.352 e. The van der Waals surface area contributed by atoms with E-state index in [4.69, 9.17) is 5.73 Å². The molecule has 0 saturated carbocycles. The van der Waals surface area contributed by atoms with Gasteiger partial charge in [0.05, 0.1) is 16.9 Å². The minimum absolute atomic E-state index is 0.0333. The Balaban J connectivity index is 1.55. The number of rotatable bonds is 9. The van der Waals surface area contributed by atoms with Gasteiger partial charge in [0.25, 0.3) is 17.4 Å². The lowest BCUT2D eigenvalue weighted by Gasteiger charge is -2.17. The number of benzene rings is 2. The van der Waals surface area contributed by atoms with E-state index in [-0.39, 0.29) is 34.1 Å². The molecule has 0 aliphatic rings. The van der Waals surface area contributed by atoms with Crippen molar-refractivity contribution in [2.45, 2.75) is 32.6 Å². The van der Waals surface area contributed by atoms with Gasteiger partial charge in [-0.25, -0.2) is 9.37 Å². The maximum Gasteiger partial charge on any atom is 0.293 e. The van der Waals surface area contributed by atoms with Crippen LogP contribution < -0.4 is 27.2 Å². The molecule has 0 unspecified atom stereocenters. The lowest BCUT2D eigenvalue weighted by molar-refractivity contribution is 0.0952. The molecular weight excluding hydrogens is 537 g/mol. The summed E-state index contributed by atoms with van der Waals surface area (Å²) in [7, 11) is 1.53. The maximum absolute atomic E-state index is 15.7. The first kappa shape index (κ1) is 30.1. The Kier molecular flexibility index (Phi) is 9.12. The number of pyridine rings is 1. The molecule has 2 aromatic carbocycles. The third-order valence-electron chi connectivity index (χ3n) is 6.46. The molecule has 0 spiro atoms. The molecule has 4 rings (SSSR count). The van der Waals surface area contributed by atoms with Crippen LogP contribution in [0.3, 0.4) is 0 Å². The van der Waals surface area contributed by atoms with Crippen molar-refractivity contribution in [3.8, 4) is 11.3 Å². The SMILES string of the molecule is Cn1cc(-c2cccc(NC(=O)c3ccc(C(C)(C)C)nc3)c2F)nc(Nc2ccc(C(=O)NCCCN)cc2)c1=O. The lowest BCUT2D eigenvalue weighted by Crippen LogP contribution is -2.25. The van der Waals surface area contributed by atoms with Crippen LogP contribution in [0.1, 0.15) is 53.6 Å². The quantitative estimate of drug-likeness (QED) is 0.219. The molecule has 0 bridgehead atoms. The van der Waals surface area contributed by atoms with Crippen LogP contribution in [0, 0.1) is 5.82 Å². The Bertz CT molecular complexity index is 1640. The normalized spacial score (nSPS) is 11.2. The van der Waals surface area contributed by atoms with E-state index >= 15 is 4.39 Å². The summed E-state index contributed by atoms with van der Waals surface area (Å²) in [5, 5.41) is 8.33. The van der Waals surface area contributed by atoms with Gasteiger partial charge >= 0.3 is 0 Å². The van der Waals surface area contributed by atoms with Crippen molar-refractivity contribution in [2.75, 3.05) is 23.7 Å². The Morgan fingerprint density at radius 1 is 1.00 bits per heavy atom. The molecule has 4 aromatic rings. The third kappa shape index (κ3) is 7.05.